The number of Topliss-reactive ketones (excluding diaryl/α,β-unsaturated/α-hetero) is 2. The highest BCUT2D eigenvalue weighted by atomic mass is 16.5. The van der Waals surface area contributed by atoms with Gasteiger partial charge in [0.05, 0.1) is 31.0 Å². The summed E-state index contributed by atoms with van der Waals surface area (Å²) in [4.78, 5) is 56.4. The van der Waals surface area contributed by atoms with Crippen molar-refractivity contribution in [1.29, 1.82) is 0 Å². The lowest BCUT2D eigenvalue weighted by atomic mass is 9.72. The van der Waals surface area contributed by atoms with Crippen molar-refractivity contribution in [3.63, 3.8) is 0 Å². The summed E-state index contributed by atoms with van der Waals surface area (Å²) in [5, 5.41) is 3.42. The fourth-order valence-electron chi connectivity index (χ4n) is 5.61. The van der Waals surface area contributed by atoms with Crippen LogP contribution in [0.25, 0.3) is 11.0 Å². The van der Waals surface area contributed by atoms with Gasteiger partial charge in [0.1, 0.15) is 5.58 Å². The third kappa shape index (κ3) is 4.44. The van der Waals surface area contributed by atoms with Crippen molar-refractivity contribution in [1.82, 2.24) is 15.1 Å². The average molecular weight is 509 g/mol. The number of carbonyl (C=O) groups is 4. The van der Waals surface area contributed by atoms with Crippen LogP contribution in [0.4, 0.5) is 4.79 Å². The normalized spacial score (nSPS) is 28.8. The molecule has 0 saturated carbocycles. The first kappa shape index (κ1) is 25.2. The molecule has 2 aliphatic heterocycles. The third-order valence-electron chi connectivity index (χ3n) is 7.93. The molecule has 2 saturated heterocycles. The highest BCUT2D eigenvalue weighted by molar-refractivity contribution is 6.12. The second kappa shape index (κ2) is 9.75. The van der Waals surface area contributed by atoms with Gasteiger partial charge in [-0.15, -0.1) is 0 Å². The van der Waals surface area contributed by atoms with Crippen LogP contribution in [0.5, 0.6) is 0 Å². The molecule has 196 valence electrons. The molecule has 4 atom stereocenters. The lowest BCUT2D eigenvalue weighted by Crippen LogP contribution is -2.60. The summed E-state index contributed by atoms with van der Waals surface area (Å²) in [6, 6.07) is 8.46. The van der Waals surface area contributed by atoms with Crippen LogP contribution in [0.2, 0.25) is 0 Å². The van der Waals surface area contributed by atoms with Crippen molar-refractivity contribution in [3.8, 4) is 0 Å². The number of hydrogen-bond donors (Lipinski definition) is 2. The molecule has 0 radical (unpaired) electrons. The molecule has 2 aromatic rings. The van der Waals surface area contributed by atoms with Gasteiger partial charge < -0.3 is 30.0 Å². The number of morpholine rings is 1. The standard InChI is InChI=1S/C27H32N4O6/c1-16-13-20(29-25(34)23-14-18-5-3-4-6-22(18)37-23)24(33)27(16,28)19-8-7-17(2)31(15-21(19)32)26(35)30-9-11-36-12-10-30/h3-6,13-14,16-17,19H,7-12,15,28H2,1-2H3,(H,29,34)/t16?,17-,19+,27?/m1/s1. The molecule has 2 fully saturated rings. The average Bonchev–Trinajstić information content (AvgIpc) is 3.37. The SMILES string of the molecule is CC1C=C(NC(=O)c2cc3ccccc3o2)C(=O)C1(N)[C@H]1CC[C@@H](C)N(C(=O)N2CCOCC2)CC1=O. The van der Waals surface area contributed by atoms with Gasteiger partial charge >= 0.3 is 6.03 Å². The van der Waals surface area contributed by atoms with Crippen LogP contribution in [-0.2, 0) is 14.3 Å². The van der Waals surface area contributed by atoms with Gasteiger partial charge in [0, 0.05) is 36.4 Å². The van der Waals surface area contributed by atoms with Crippen LogP contribution in [0.1, 0.15) is 37.2 Å². The zero-order chi connectivity index (χ0) is 26.3. The van der Waals surface area contributed by atoms with Gasteiger partial charge in [-0.3, -0.25) is 14.4 Å². The van der Waals surface area contributed by atoms with E-state index in [1.807, 2.05) is 19.1 Å². The van der Waals surface area contributed by atoms with E-state index in [2.05, 4.69) is 5.32 Å². The molecular formula is C27H32N4O6. The van der Waals surface area contributed by atoms with Crippen LogP contribution in [0.15, 0.2) is 46.5 Å². The Bertz CT molecular complexity index is 1250. The molecule has 1 aromatic heterocycles. The molecule has 1 aliphatic carbocycles. The number of nitrogens with two attached hydrogens (primary N) is 1. The summed E-state index contributed by atoms with van der Waals surface area (Å²) in [5.74, 6) is -2.48. The number of furan rings is 1. The van der Waals surface area contributed by atoms with E-state index >= 15 is 0 Å². The Labute approximate surface area is 214 Å². The van der Waals surface area contributed by atoms with E-state index in [-0.39, 0.29) is 35.9 Å². The Morgan fingerprint density at radius 3 is 2.57 bits per heavy atom. The van der Waals surface area contributed by atoms with Crippen molar-refractivity contribution in [2.75, 3.05) is 32.8 Å². The number of benzene rings is 1. The Hall–Kier alpha value is -3.50. The first-order valence-electron chi connectivity index (χ1n) is 12.7. The number of nitrogens with zero attached hydrogens (tertiary/aromatic N) is 2. The molecule has 0 spiro atoms. The molecule has 10 nitrogen and oxygen atoms in total. The summed E-state index contributed by atoms with van der Waals surface area (Å²) in [7, 11) is 0. The van der Waals surface area contributed by atoms with Gasteiger partial charge in [0.25, 0.3) is 5.91 Å². The molecule has 1 aromatic carbocycles. The van der Waals surface area contributed by atoms with Gasteiger partial charge in [-0.05, 0) is 31.9 Å². The number of ether oxygens (including phenoxy) is 1. The van der Waals surface area contributed by atoms with Crippen LogP contribution < -0.4 is 11.1 Å². The van der Waals surface area contributed by atoms with E-state index in [0.29, 0.717) is 44.7 Å². The predicted octanol–water partition coefficient (Wildman–Crippen LogP) is 2.08. The highest BCUT2D eigenvalue weighted by Crippen LogP contribution is 2.39. The minimum atomic E-state index is -1.51. The number of rotatable bonds is 3. The predicted molar refractivity (Wildman–Crippen MR) is 135 cm³/mol. The number of hydrogen-bond acceptors (Lipinski definition) is 7. The van der Waals surface area contributed by atoms with Crippen molar-refractivity contribution in [2.45, 2.75) is 38.3 Å². The molecule has 37 heavy (non-hydrogen) atoms. The molecular weight excluding hydrogens is 476 g/mol. The third-order valence-corrected chi connectivity index (χ3v) is 7.93. The summed E-state index contributed by atoms with van der Waals surface area (Å²) < 4.78 is 11.0. The maximum absolute atomic E-state index is 13.6. The highest BCUT2D eigenvalue weighted by Gasteiger charge is 2.54. The second-order valence-corrected chi connectivity index (χ2v) is 10.2. The molecule has 3 aliphatic rings. The van der Waals surface area contributed by atoms with Gasteiger partial charge in [0.2, 0.25) is 0 Å². The monoisotopic (exact) mass is 508 g/mol. The number of fused-ring (bicyclic) bond motifs is 1. The Morgan fingerprint density at radius 1 is 1.11 bits per heavy atom. The molecule has 3 N–H and O–H groups in total. The van der Waals surface area contributed by atoms with E-state index in [4.69, 9.17) is 14.9 Å². The van der Waals surface area contributed by atoms with E-state index in [0.717, 1.165) is 5.39 Å². The van der Waals surface area contributed by atoms with Crippen LogP contribution in [-0.4, -0.2) is 77.7 Å². The Kier molecular flexibility index (Phi) is 6.63. The summed E-state index contributed by atoms with van der Waals surface area (Å²) in [5.41, 5.74) is 5.85. The first-order chi connectivity index (χ1) is 17.7. The summed E-state index contributed by atoms with van der Waals surface area (Å²) >= 11 is 0. The molecule has 10 heteroatoms. The zero-order valence-corrected chi connectivity index (χ0v) is 21.1. The number of amides is 3. The van der Waals surface area contributed by atoms with Crippen LogP contribution in [0.3, 0.4) is 0 Å². The summed E-state index contributed by atoms with van der Waals surface area (Å²) in [6.45, 7) is 5.47. The minimum Gasteiger partial charge on any atom is -0.451 e. The number of para-hydroxylation sites is 1. The van der Waals surface area contributed by atoms with Crippen molar-refractivity contribution in [2.24, 2.45) is 17.6 Å². The topological polar surface area (TPSA) is 135 Å². The molecule has 5 rings (SSSR count). The van der Waals surface area contributed by atoms with E-state index < -0.39 is 29.1 Å². The van der Waals surface area contributed by atoms with Gasteiger partial charge in [-0.25, -0.2) is 4.79 Å². The zero-order valence-electron chi connectivity index (χ0n) is 21.1. The van der Waals surface area contributed by atoms with Gasteiger partial charge in [0.15, 0.2) is 17.3 Å². The lowest BCUT2D eigenvalue weighted by Gasteiger charge is -2.36. The Morgan fingerprint density at radius 2 is 1.84 bits per heavy atom. The number of likely N-dealkylation sites (tertiary alicyclic amines) is 1. The molecule has 3 amide bonds. The number of nitrogens with one attached hydrogen (secondary N) is 1. The molecule has 0 bridgehead atoms. The molecule has 3 heterocycles. The van der Waals surface area contributed by atoms with Crippen LogP contribution in [0, 0.1) is 11.8 Å². The van der Waals surface area contributed by atoms with E-state index in [1.54, 1.807) is 41.0 Å². The van der Waals surface area contributed by atoms with Crippen LogP contribution >= 0.6 is 0 Å². The minimum absolute atomic E-state index is 0.0619. The lowest BCUT2D eigenvalue weighted by molar-refractivity contribution is -0.132. The fourth-order valence-corrected chi connectivity index (χ4v) is 5.61. The van der Waals surface area contributed by atoms with E-state index in [9.17, 15) is 19.2 Å². The van der Waals surface area contributed by atoms with Crippen molar-refractivity contribution >= 4 is 34.5 Å². The van der Waals surface area contributed by atoms with Gasteiger partial charge in [-0.1, -0.05) is 31.2 Å². The smallest absolute Gasteiger partial charge is 0.320 e. The second-order valence-electron chi connectivity index (χ2n) is 10.2. The Balaban J connectivity index is 1.31. The number of ketones is 2. The number of carbonyl (C=O) groups excluding carboxylic acids is 4. The fraction of sp³-hybridized carbons (Fsp3) is 0.481. The maximum atomic E-state index is 13.6. The largest absolute Gasteiger partial charge is 0.451 e. The summed E-state index contributed by atoms with van der Waals surface area (Å²) in [6.07, 6.45) is 2.52. The van der Waals surface area contributed by atoms with E-state index in [1.165, 1.54) is 0 Å². The quantitative estimate of drug-likeness (QED) is 0.648. The van der Waals surface area contributed by atoms with Crippen molar-refractivity contribution in [3.05, 3.63) is 47.9 Å². The van der Waals surface area contributed by atoms with Gasteiger partial charge in [-0.2, -0.15) is 0 Å². The van der Waals surface area contributed by atoms with Crippen molar-refractivity contribution < 1.29 is 28.3 Å². The first-order valence-corrected chi connectivity index (χ1v) is 12.7. The molecule has 2 unspecified atom stereocenters. The number of urea groups is 1. The maximum Gasteiger partial charge on any atom is 0.320 e.